The minimum Gasteiger partial charge on any atom is -0.381 e. The topological polar surface area (TPSA) is 47.6 Å². The second kappa shape index (κ2) is 7.41. The van der Waals surface area contributed by atoms with Crippen molar-refractivity contribution in [2.24, 2.45) is 5.92 Å². The Labute approximate surface area is 120 Å². The van der Waals surface area contributed by atoms with Gasteiger partial charge < -0.3 is 14.8 Å². The van der Waals surface area contributed by atoms with Crippen molar-refractivity contribution in [3.63, 3.8) is 0 Å². The average molecular weight is 277 g/mol. The molecule has 1 aromatic rings. The number of nitrogens with one attached hydrogen (secondary N) is 1. The third-order valence-electron chi connectivity index (χ3n) is 3.44. The number of carbonyl (C=O) groups excluding carboxylic acids is 1. The molecule has 4 heteroatoms. The van der Waals surface area contributed by atoms with Crippen molar-refractivity contribution in [1.82, 2.24) is 5.32 Å². The molecule has 0 radical (unpaired) electrons. The molecule has 4 nitrogen and oxygen atoms in total. The zero-order chi connectivity index (χ0) is 14.4. The molecule has 0 spiro atoms. The highest BCUT2D eigenvalue weighted by Gasteiger charge is 2.23. The van der Waals surface area contributed by atoms with E-state index in [-0.39, 0.29) is 17.9 Å². The molecule has 2 rings (SSSR count). The maximum Gasteiger partial charge on any atom is 0.225 e. The first-order chi connectivity index (χ1) is 9.66. The Morgan fingerprint density at radius 3 is 2.80 bits per heavy atom. The maximum absolute atomic E-state index is 12.0. The average Bonchev–Trinajstić information content (AvgIpc) is 2.97. The van der Waals surface area contributed by atoms with Gasteiger partial charge in [0.05, 0.1) is 25.2 Å². The fourth-order valence-corrected chi connectivity index (χ4v) is 2.20. The quantitative estimate of drug-likeness (QED) is 0.867. The number of hydrogen-bond acceptors (Lipinski definition) is 3. The molecule has 0 bridgehead atoms. The molecule has 1 N–H and O–H groups in total. The predicted molar refractivity (Wildman–Crippen MR) is 77.1 cm³/mol. The van der Waals surface area contributed by atoms with E-state index in [1.165, 1.54) is 0 Å². The molecule has 1 aliphatic rings. The van der Waals surface area contributed by atoms with Crippen molar-refractivity contribution in [3.05, 3.63) is 35.4 Å². The van der Waals surface area contributed by atoms with E-state index in [9.17, 15) is 4.79 Å². The normalized spacial score (nSPS) is 18.4. The van der Waals surface area contributed by atoms with Crippen molar-refractivity contribution in [3.8, 4) is 0 Å². The molecule has 110 valence electrons. The van der Waals surface area contributed by atoms with E-state index in [0.717, 1.165) is 17.5 Å². The van der Waals surface area contributed by atoms with E-state index >= 15 is 0 Å². The van der Waals surface area contributed by atoms with Gasteiger partial charge in [-0.1, -0.05) is 24.3 Å². The molecule has 1 aliphatic heterocycles. The summed E-state index contributed by atoms with van der Waals surface area (Å²) in [5.74, 6) is 0.0937. The Hall–Kier alpha value is -1.39. The highest BCUT2D eigenvalue weighted by molar-refractivity contribution is 5.79. The van der Waals surface area contributed by atoms with Crippen LogP contribution in [-0.4, -0.2) is 25.2 Å². The van der Waals surface area contributed by atoms with E-state index in [4.69, 9.17) is 9.47 Å². The highest BCUT2D eigenvalue weighted by atomic mass is 16.5. The van der Waals surface area contributed by atoms with Gasteiger partial charge in [-0.05, 0) is 31.4 Å². The SMILES string of the molecule is CC(C)OCc1ccccc1CNC(=O)C1CCOC1. The summed E-state index contributed by atoms with van der Waals surface area (Å²) < 4.78 is 10.9. The molecule has 0 aromatic heterocycles. The van der Waals surface area contributed by atoms with Crippen LogP contribution in [0, 0.1) is 5.92 Å². The minimum absolute atomic E-state index is 0.00840. The Bertz CT molecular complexity index is 439. The molecule has 20 heavy (non-hydrogen) atoms. The van der Waals surface area contributed by atoms with Crippen molar-refractivity contribution < 1.29 is 14.3 Å². The van der Waals surface area contributed by atoms with Crippen molar-refractivity contribution in [1.29, 1.82) is 0 Å². The number of rotatable bonds is 6. The largest absolute Gasteiger partial charge is 0.381 e. The molecule has 1 aromatic carbocycles. The fourth-order valence-electron chi connectivity index (χ4n) is 2.20. The number of amides is 1. The first kappa shape index (κ1) is 15.0. The molecule has 1 unspecified atom stereocenters. The Balaban J connectivity index is 1.89. The standard InChI is InChI=1S/C16H23NO3/c1-12(2)20-11-14-6-4-3-5-13(14)9-17-16(18)15-7-8-19-10-15/h3-6,12,15H,7-11H2,1-2H3,(H,17,18). The van der Waals surface area contributed by atoms with Crippen LogP contribution in [0.5, 0.6) is 0 Å². The molecule has 1 atom stereocenters. The second-order valence-electron chi connectivity index (χ2n) is 5.41. The summed E-state index contributed by atoms with van der Waals surface area (Å²) in [5, 5.41) is 2.99. The Morgan fingerprint density at radius 2 is 2.15 bits per heavy atom. The van der Waals surface area contributed by atoms with Gasteiger partial charge in [0.25, 0.3) is 0 Å². The lowest BCUT2D eigenvalue weighted by Gasteiger charge is -2.14. The molecule has 1 amide bonds. The number of ether oxygens (including phenoxy) is 2. The lowest BCUT2D eigenvalue weighted by molar-refractivity contribution is -0.125. The second-order valence-corrected chi connectivity index (χ2v) is 5.41. The summed E-state index contributed by atoms with van der Waals surface area (Å²) in [4.78, 5) is 12.0. The van der Waals surface area contributed by atoms with E-state index in [1.54, 1.807) is 0 Å². The highest BCUT2D eigenvalue weighted by Crippen LogP contribution is 2.14. The maximum atomic E-state index is 12.0. The van der Waals surface area contributed by atoms with Gasteiger partial charge in [0, 0.05) is 13.2 Å². The summed E-state index contributed by atoms with van der Waals surface area (Å²) in [6.45, 7) is 6.40. The summed E-state index contributed by atoms with van der Waals surface area (Å²) in [6, 6.07) is 8.06. The number of benzene rings is 1. The monoisotopic (exact) mass is 277 g/mol. The van der Waals surface area contributed by atoms with Crippen LogP contribution in [0.1, 0.15) is 31.4 Å². The minimum atomic E-state index is 0.00840. The molecule has 1 heterocycles. The van der Waals surface area contributed by atoms with E-state index in [2.05, 4.69) is 5.32 Å². The van der Waals surface area contributed by atoms with Crippen LogP contribution >= 0.6 is 0 Å². The van der Waals surface area contributed by atoms with E-state index in [0.29, 0.717) is 26.4 Å². The van der Waals surface area contributed by atoms with Crippen LogP contribution in [0.4, 0.5) is 0 Å². The van der Waals surface area contributed by atoms with Gasteiger partial charge in [0.1, 0.15) is 0 Å². The van der Waals surface area contributed by atoms with Gasteiger partial charge >= 0.3 is 0 Å². The summed E-state index contributed by atoms with van der Waals surface area (Å²) in [6.07, 6.45) is 1.03. The molecule has 1 fully saturated rings. The Morgan fingerprint density at radius 1 is 1.40 bits per heavy atom. The fraction of sp³-hybridized carbons (Fsp3) is 0.562. The van der Waals surface area contributed by atoms with Crippen LogP contribution in [0.25, 0.3) is 0 Å². The summed E-state index contributed by atoms with van der Waals surface area (Å²) >= 11 is 0. The Kier molecular flexibility index (Phi) is 5.56. The van der Waals surface area contributed by atoms with Crippen molar-refractivity contribution in [2.75, 3.05) is 13.2 Å². The number of hydrogen-bond donors (Lipinski definition) is 1. The van der Waals surface area contributed by atoms with Gasteiger partial charge in [0.2, 0.25) is 5.91 Å². The van der Waals surface area contributed by atoms with Gasteiger partial charge in [-0.3, -0.25) is 4.79 Å². The zero-order valence-corrected chi connectivity index (χ0v) is 12.2. The van der Waals surface area contributed by atoms with Gasteiger partial charge in [-0.2, -0.15) is 0 Å². The van der Waals surface area contributed by atoms with Crippen molar-refractivity contribution >= 4 is 5.91 Å². The lowest BCUT2D eigenvalue weighted by Crippen LogP contribution is -2.30. The predicted octanol–water partition coefficient (Wildman–Crippen LogP) is 2.26. The van der Waals surface area contributed by atoms with Crippen LogP contribution in [-0.2, 0) is 27.4 Å². The van der Waals surface area contributed by atoms with E-state index < -0.39 is 0 Å². The van der Waals surface area contributed by atoms with Gasteiger partial charge in [0.15, 0.2) is 0 Å². The van der Waals surface area contributed by atoms with Crippen LogP contribution < -0.4 is 5.32 Å². The summed E-state index contributed by atoms with van der Waals surface area (Å²) in [5.41, 5.74) is 2.24. The van der Waals surface area contributed by atoms with Crippen LogP contribution in [0.15, 0.2) is 24.3 Å². The van der Waals surface area contributed by atoms with Crippen LogP contribution in [0.3, 0.4) is 0 Å². The molecule has 1 saturated heterocycles. The first-order valence-corrected chi connectivity index (χ1v) is 7.20. The van der Waals surface area contributed by atoms with E-state index in [1.807, 2.05) is 38.1 Å². The molecule has 0 saturated carbocycles. The molecule has 0 aliphatic carbocycles. The lowest BCUT2D eigenvalue weighted by atomic mass is 10.1. The smallest absolute Gasteiger partial charge is 0.225 e. The molecular weight excluding hydrogens is 254 g/mol. The zero-order valence-electron chi connectivity index (χ0n) is 12.2. The van der Waals surface area contributed by atoms with Gasteiger partial charge in [-0.25, -0.2) is 0 Å². The van der Waals surface area contributed by atoms with Gasteiger partial charge in [-0.15, -0.1) is 0 Å². The van der Waals surface area contributed by atoms with Crippen molar-refractivity contribution in [2.45, 2.75) is 39.5 Å². The third kappa shape index (κ3) is 4.32. The first-order valence-electron chi connectivity index (χ1n) is 7.20. The van der Waals surface area contributed by atoms with Crippen LogP contribution in [0.2, 0.25) is 0 Å². The third-order valence-corrected chi connectivity index (χ3v) is 3.44. The summed E-state index contributed by atoms with van der Waals surface area (Å²) in [7, 11) is 0. The molecular formula is C16H23NO3. The number of carbonyl (C=O) groups is 1.